The van der Waals surface area contributed by atoms with Gasteiger partial charge < -0.3 is 10.2 Å². The molecule has 1 saturated heterocycles. The highest BCUT2D eigenvalue weighted by Crippen LogP contribution is 2.29. The van der Waals surface area contributed by atoms with Gasteiger partial charge in [-0.25, -0.2) is 4.39 Å². The number of nitrogens with one attached hydrogen (secondary N) is 1. The molecule has 33 heavy (non-hydrogen) atoms. The maximum atomic E-state index is 13.1. The first kappa shape index (κ1) is 23.9. The minimum Gasteiger partial charge on any atom is -0.349 e. The Morgan fingerprint density at radius 1 is 0.879 bits per heavy atom. The molecule has 1 aliphatic heterocycles. The zero-order chi connectivity index (χ0) is 23.2. The minimum absolute atomic E-state index is 0.0202. The van der Waals surface area contributed by atoms with E-state index < -0.39 is 0 Å². The lowest BCUT2D eigenvalue weighted by Gasteiger charge is -2.34. The van der Waals surface area contributed by atoms with Crippen molar-refractivity contribution in [1.29, 1.82) is 0 Å². The number of likely N-dealkylation sites (tertiary alicyclic amines) is 1. The molecule has 6 heteroatoms. The second-order valence-corrected chi connectivity index (χ2v) is 9.91. The fraction of sp³-hybridized carbons (Fsp3) is 0.481. The molecule has 176 valence electrons. The van der Waals surface area contributed by atoms with Crippen LogP contribution in [0.15, 0.2) is 48.5 Å². The van der Waals surface area contributed by atoms with Gasteiger partial charge in [0, 0.05) is 28.1 Å². The summed E-state index contributed by atoms with van der Waals surface area (Å²) < 4.78 is 13.1. The number of Topliss-reactive ketones (excluding diaryl/α,β-unsaturated/α-hetero) is 1. The molecule has 1 saturated carbocycles. The maximum Gasteiger partial charge on any atom is 0.251 e. The molecule has 0 bridgehead atoms. The molecular weight excluding hydrogens is 439 g/mol. The smallest absolute Gasteiger partial charge is 0.251 e. The fourth-order valence-electron chi connectivity index (χ4n) is 5.10. The van der Waals surface area contributed by atoms with E-state index >= 15 is 0 Å². The lowest BCUT2D eigenvalue weighted by Crippen LogP contribution is -2.39. The van der Waals surface area contributed by atoms with Crippen molar-refractivity contribution in [2.45, 2.75) is 51.0 Å². The van der Waals surface area contributed by atoms with Gasteiger partial charge in [-0.15, -0.1) is 0 Å². The normalized spacial score (nSPS) is 22.1. The Kier molecular flexibility index (Phi) is 8.15. The summed E-state index contributed by atoms with van der Waals surface area (Å²) >= 11 is 5.90. The lowest BCUT2D eigenvalue weighted by atomic mass is 9.83. The second kappa shape index (κ2) is 11.3. The summed E-state index contributed by atoms with van der Waals surface area (Å²) in [5.74, 6) is 0.569. The summed E-state index contributed by atoms with van der Waals surface area (Å²) in [6.07, 6.45) is 7.26. The highest BCUT2D eigenvalue weighted by Gasteiger charge is 2.27. The van der Waals surface area contributed by atoms with Crippen molar-refractivity contribution < 1.29 is 14.0 Å². The van der Waals surface area contributed by atoms with Crippen LogP contribution in [0.4, 0.5) is 4.39 Å². The van der Waals surface area contributed by atoms with E-state index in [1.807, 2.05) is 0 Å². The number of carbonyl (C=O) groups is 2. The minimum atomic E-state index is -0.306. The average Bonchev–Trinajstić information content (AvgIpc) is 2.84. The van der Waals surface area contributed by atoms with Crippen LogP contribution in [-0.2, 0) is 0 Å². The predicted molar refractivity (Wildman–Crippen MR) is 129 cm³/mol. The predicted octanol–water partition coefficient (Wildman–Crippen LogP) is 5.75. The Balaban J connectivity index is 1.14. The number of ketones is 1. The maximum absolute atomic E-state index is 13.1. The van der Waals surface area contributed by atoms with Crippen molar-refractivity contribution in [1.82, 2.24) is 10.2 Å². The topological polar surface area (TPSA) is 49.4 Å². The first-order valence-electron chi connectivity index (χ1n) is 12.1. The van der Waals surface area contributed by atoms with Gasteiger partial charge in [0.2, 0.25) is 0 Å². The van der Waals surface area contributed by atoms with Crippen molar-refractivity contribution in [3.05, 3.63) is 70.5 Å². The lowest BCUT2D eigenvalue weighted by molar-refractivity contribution is 0.0832. The third-order valence-electron chi connectivity index (χ3n) is 7.23. The molecule has 4 nitrogen and oxygen atoms in total. The quantitative estimate of drug-likeness (QED) is 0.524. The van der Waals surface area contributed by atoms with E-state index in [1.165, 1.54) is 18.6 Å². The van der Waals surface area contributed by atoms with E-state index in [0.717, 1.165) is 58.2 Å². The number of rotatable bonds is 7. The van der Waals surface area contributed by atoms with Crippen LogP contribution in [0.1, 0.15) is 65.7 Å². The molecule has 1 heterocycles. The van der Waals surface area contributed by atoms with Crippen LogP contribution in [0.2, 0.25) is 5.02 Å². The summed E-state index contributed by atoms with van der Waals surface area (Å²) in [5, 5.41) is 3.80. The zero-order valence-electron chi connectivity index (χ0n) is 18.9. The molecule has 0 unspecified atom stereocenters. The molecule has 0 spiro atoms. The molecule has 0 aromatic heterocycles. The molecule has 1 N–H and O–H groups in total. The zero-order valence-corrected chi connectivity index (χ0v) is 19.7. The van der Waals surface area contributed by atoms with Crippen molar-refractivity contribution in [2.75, 3.05) is 19.6 Å². The highest BCUT2D eigenvalue weighted by molar-refractivity contribution is 6.30. The van der Waals surface area contributed by atoms with Crippen LogP contribution in [0.5, 0.6) is 0 Å². The monoisotopic (exact) mass is 470 g/mol. The fourth-order valence-corrected chi connectivity index (χ4v) is 5.23. The van der Waals surface area contributed by atoms with E-state index in [9.17, 15) is 14.0 Å². The Labute approximate surface area is 200 Å². The van der Waals surface area contributed by atoms with Crippen molar-refractivity contribution in [3.8, 4) is 0 Å². The molecule has 2 aliphatic rings. The molecule has 2 aromatic carbocycles. The van der Waals surface area contributed by atoms with Gasteiger partial charge in [-0.05, 0) is 119 Å². The van der Waals surface area contributed by atoms with E-state index in [1.54, 1.807) is 36.4 Å². The number of benzene rings is 2. The number of carbonyl (C=O) groups excluding carboxylic acids is 2. The Morgan fingerprint density at radius 3 is 2.12 bits per heavy atom. The second-order valence-electron chi connectivity index (χ2n) is 9.47. The van der Waals surface area contributed by atoms with Crippen LogP contribution in [0, 0.1) is 17.7 Å². The molecule has 4 rings (SSSR count). The van der Waals surface area contributed by atoms with Crippen molar-refractivity contribution in [2.24, 2.45) is 11.8 Å². The molecule has 2 aromatic rings. The highest BCUT2D eigenvalue weighted by atomic mass is 35.5. The van der Waals surface area contributed by atoms with Gasteiger partial charge in [0.1, 0.15) is 5.82 Å². The number of nitrogens with zero attached hydrogens (tertiary/aromatic N) is 1. The van der Waals surface area contributed by atoms with Gasteiger partial charge in [0.15, 0.2) is 5.78 Å². The summed E-state index contributed by atoms with van der Waals surface area (Å²) in [6, 6.07) is 13.2. The third-order valence-corrected chi connectivity index (χ3v) is 7.48. The van der Waals surface area contributed by atoms with Crippen LogP contribution in [0.25, 0.3) is 0 Å². The molecule has 0 radical (unpaired) electrons. The van der Waals surface area contributed by atoms with Gasteiger partial charge in [0.05, 0.1) is 0 Å². The van der Waals surface area contributed by atoms with Crippen LogP contribution < -0.4 is 5.32 Å². The largest absolute Gasteiger partial charge is 0.349 e. The molecule has 1 amide bonds. The third kappa shape index (κ3) is 6.64. The van der Waals surface area contributed by atoms with E-state index in [0.29, 0.717) is 22.1 Å². The van der Waals surface area contributed by atoms with Crippen LogP contribution >= 0.6 is 11.6 Å². The van der Waals surface area contributed by atoms with E-state index in [-0.39, 0.29) is 29.5 Å². The van der Waals surface area contributed by atoms with Gasteiger partial charge in [0.25, 0.3) is 5.91 Å². The molecule has 2 fully saturated rings. The summed E-state index contributed by atoms with van der Waals surface area (Å²) in [7, 11) is 0. The van der Waals surface area contributed by atoms with Crippen LogP contribution in [0.3, 0.4) is 0 Å². The number of hydrogen-bond donors (Lipinski definition) is 1. The Morgan fingerprint density at radius 2 is 1.48 bits per heavy atom. The van der Waals surface area contributed by atoms with Gasteiger partial charge >= 0.3 is 0 Å². The summed E-state index contributed by atoms with van der Waals surface area (Å²) in [4.78, 5) is 27.6. The first-order valence-corrected chi connectivity index (χ1v) is 12.4. The van der Waals surface area contributed by atoms with E-state index in [4.69, 9.17) is 11.6 Å². The standard InChI is InChI=1S/C27H32ClFN2O2/c28-23-7-3-22(4-8-23)27(33)30-25-11-1-19(2-12-25)13-16-31-17-14-21(15-18-31)26(32)20-5-9-24(29)10-6-20/h3-10,19,21,25H,1-2,11-18H2,(H,30,33)/t19-,25-. The Bertz CT molecular complexity index is 932. The number of piperidine rings is 1. The Hall–Kier alpha value is -2.24. The van der Waals surface area contributed by atoms with Gasteiger partial charge in [-0.2, -0.15) is 0 Å². The molecular formula is C27H32ClFN2O2. The summed E-state index contributed by atoms with van der Waals surface area (Å²) in [6.45, 7) is 2.97. The van der Waals surface area contributed by atoms with Crippen molar-refractivity contribution >= 4 is 23.3 Å². The van der Waals surface area contributed by atoms with Crippen LogP contribution in [-0.4, -0.2) is 42.3 Å². The molecule has 1 aliphatic carbocycles. The average molecular weight is 471 g/mol. The number of hydrogen-bond acceptors (Lipinski definition) is 3. The number of halogens is 2. The van der Waals surface area contributed by atoms with Gasteiger partial charge in [-0.3, -0.25) is 9.59 Å². The summed E-state index contributed by atoms with van der Waals surface area (Å²) in [5.41, 5.74) is 1.28. The van der Waals surface area contributed by atoms with Gasteiger partial charge in [-0.1, -0.05) is 11.6 Å². The van der Waals surface area contributed by atoms with Crippen molar-refractivity contribution in [3.63, 3.8) is 0 Å². The van der Waals surface area contributed by atoms with E-state index in [2.05, 4.69) is 10.2 Å². The number of amides is 1. The first-order chi connectivity index (χ1) is 16.0. The SMILES string of the molecule is O=C(N[C@H]1CC[C@H](CCN2CCC(C(=O)c3ccc(F)cc3)CC2)CC1)c1ccc(Cl)cc1. The molecule has 0 atom stereocenters.